The van der Waals surface area contributed by atoms with Crippen LogP contribution in [0.4, 0.5) is 5.82 Å². The van der Waals surface area contributed by atoms with Gasteiger partial charge in [-0.2, -0.15) is 0 Å². The Labute approximate surface area is 100 Å². The highest BCUT2D eigenvalue weighted by molar-refractivity contribution is 5.38. The Morgan fingerprint density at radius 2 is 2.18 bits per heavy atom. The molecule has 0 bridgehead atoms. The van der Waals surface area contributed by atoms with Crippen LogP contribution in [0.3, 0.4) is 0 Å². The van der Waals surface area contributed by atoms with Gasteiger partial charge in [0.15, 0.2) is 5.82 Å². The number of aromatic nitrogens is 2. The largest absolute Gasteiger partial charge is 0.350 e. The van der Waals surface area contributed by atoms with Crippen LogP contribution in [0.2, 0.25) is 0 Å². The van der Waals surface area contributed by atoms with Gasteiger partial charge in [0.05, 0.1) is 0 Å². The summed E-state index contributed by atoms with van der Waals surface area (Å²) >= 11 is 0. The van der Waals surface area contributed by atoms with E-state index in [1.807, 2.05) is 9.47 Å². The van der Waals surface area contributed by atoms with Gasteiger partial charge < -0.3 is 15.2 Å². The number of anilines is 1. The Balaban J connectivity index is 1.93. The third-order valence-corrected chi connectivity index (χ3v) is 3.76. The molecule has 3 rings (SSSR count). The number of rotatable bonds is 2. The molecule has 2 atom stereocenters. The first-order chi connectivity index (χ1) is 8.16. The first kappa shape index (κ1) is 10.8. The monoisotopic (exact) mass is 234 g/mol. The van der Waals surface area contributed by atoms with E-state index in [1.54, 1.807) is 12.4 Å². The summed E-state index contributed by atoms with van der Waals surface area (Å²) in [6.45, 7) is 3.68. The lowest BCUT2D eigenvalue weighted by atomic mass is 10.1. The third-order valence-electron chi connectivity index (χ3n) is 3.76. The second-order valence-corrected chi connectivity index (χ2v) is 5.24. The first-order valence-electron chi connectivity index (χ1n) is 6.24. The Bertz CT molecular complexity index is 470. The lowest BCUT2D eigenvalue weighted by Crippen LogP contribution is -2.33. The van der Waals surface area contributed by atoms with E-state index in [0.29, 0.717) is 17.8 Å². The molecule has 5 nitrogen and oxygen atoms in total. The summed E-state index contributed by atoms with van der Waals surface area (Å²) in [4.78, 5) is 18.5. The van der Waals surface area contributed by atoms with E-state index < -0.39 is 0 Å². The molecule has 1 aliphatic heterocycles. The van der Waals surface area contributed by atoms with Gasteiger partial charge in [-0.1, -0.05) is 6.92 Å². The molecule has 1 saturated heterocycles. The van der Waals surface area contributed by atoms with Crippen molar-refractivity contribution < 1.29 is 0 Å². The topological polar surface area (TPSA) is 64.2 Å². The zero-order chi connectivity index (χ0) is 12.0. The molecule has 17 heavy (non-hydrogen) atoms. The molecular formula is C12H18N4O. The second kappa shape index (κ2) is 3.84. The molecule has 0 amide bonds. The summed E-state index contributed by atoms with van der Waals surface area (Å²) in [5.41, 5.74) is 6.03. The number of hydrogen-bond acceptors (Lipinski definition) is 4. The highest BCUT2D eigenvalue weighted by Gasteiger charge is 2.31. The van der Waals surface area contributed by atoms with Crippen LogP contribution in [0.5, 0.6) is 0 Å². The van der Waals surface area contributed by atoms with Crippen LogP contribution >= 0.6 is 0 Å². The van der Waals surface area contributed by atoms with Crippen molar-refractivity contribution in [2.24, 2.45) is 11.7 Å². The summed E-state index contributed by atoms with van der Waals surface area (Å²) in [7, 11) is 0. The Morgan fingerprint density at radius 1 is 1.41 bits per heavy atom. The molecule has 92 valence electrons. The minimum Gasteiger partial charge on any atom is -0.350 e. The van der Waals surface area contributed by atoms with Gasteiger partial charge in [-0.3, -0.25) is 4.79 Å². The highest BCUT2D eigenvalue weighted by atomic mass is 16.1. The predicted molar refractivity (Wildman–Crippen MR) is 66.1 cm³/mol. The van der Waals surface area contributed by atoms with Crippen molar-refractivity contribution in [3.63, 3.8) is 0 Å². The smallest absolute Gasteiger partial charge is 0.293 e. The minimum absolute atomic E-state index is 0.0382. The Morgan fingerprint density at radius 3 is 2.76 bits per heavy atom. The molecular weight excluding hydrogens is 216 g/mol. The van der Waals surface area contributed by atoms with Crippen molar-refractivity contribution in [1.29, 1.82) is 0 Å². The maximum Gasteiger partial charge on any atom is 0.293 e. The van der Waals surface area contributed by atoms with E-state index in [1.165, 1.54) is 0 Å². The average Bonchev–Trinajstić information content (AvgIpc) is 3.07. The number of hydrogen-bond donors (Lipinski definition) is 1. The molecule has 0 spiro atoms. The van der Waals surface area contributed by atoms with Gasteiger partial charge in [0.1, 0.15) is 0 Å². The van der Waals surface area contributed by atoms with Crippen molar-refractivity contribution in [3.8, 4) is 0 Å². The SMILES string of the molecule is CC1CN(c2nccn(C3CC3)c2=O)CC1N. The summed E-state index contributed by atoms with van der Waals surface area (Å²) in [5, 5.41) is 0. The molecule has 2 heterocycles. The van der Waals surface area contributed by atoms with Gasteiger partial charge in [0.2, 0.25) is 0 Å². The molecule has 0 aromatic carbocycles. The number of nitrogens with two attached hydrogens (primary N) is 1. The molecule has 1 aromatic heterocycles. The quantitative estimate of drug-likeness (QED) is 0.802. The molecule has 2 unspecified atom stereocenters. The van der Waals surface area contributed by atoms with Crippen molar-refractivity contribution in [1.82, 2.24) is 9.55 Å². The molecule has 0 radical (unpaired) electrons. The number of nitrogens with zero attached hydrogens (tertiary/aromatic N) is 3. The second-order valence-electron chi connectivity index (χ2n) is 5.24. The summed E-state index contributed by atoms with van der Waals surface area (Å²) < 4.78 is 1.82. The van der Waals surface area contributed by atoms with Crippen LogP contribution in [-0.2, 0) is 0 Å². The summed E-state index contributed by atoms with van der Waals surface area (Å²) in [6, 6.07) is 0.545. The van der Waals surface area contributed by atoms with Gasteiger partial charge in [-0.05, 0) is 18.8 Å². The van der Waals surface area contributed by atoms with E-state index in [9.17, 15) is 4.79 Å². The van der Waals surface area contributed by atoms with Gasteiger partial charge >= 0.3 is 0 Å². The first-order valence-corrected chi connectivity index (χ1v) is 6.24. The average molecular weight is 234 g/mol. The Kier molecular flexibility index (Phi) is 2.43. The molecule has 1 aromatic rings. The van der Waals surface area contributed by atoms with Crippen molar-refractivity contribution in [3.05, 3.63) is 22.7 Å². The van der Waals surface area contributed by atoms with Crippen molar-refractivity contribution in [2.45, 2.75) is 31.8 Å². The fraction of sp³-hybridized carbons (Fsp3) is 0.667. The summed E-state index contributed by atoms with van der Waals surface area (Å²) in [6.07, 6.45) is 5.74. The molecule has 1 aliphatic carbocycles. The molecule has 2 N–H and O–H groups in total. The maximum atomic E-state index is 12.3. The maximum absolute atomic E-state index is 12.3. The Hall–Kier alpha value is -1.36. The standard InChI is InChI=1S/C12H18N4O/c1-8-6-15(7-10(8)13)11-12(17)16(5-4-14-11)9-2-3-9/h4-5,8-10H,2-3,6-7,13H2,1H3. The third kappa shape index (κ3) is 1.84. The van der Waals surface area contributed by atoms with Crippen LogP contribution in [-0.4, -0.2) is 28.7 Å². The normalized spacial score (nSPS) is 28.7. The lowest BCUT2D eigenvalue weighted by molar-refractivity contribution is 0.565. The summed E-state index contributed by atoms with van der Waals surface area (Å²) in [5.74, 6) is 0.991. The van der Waals surface area contributed by atoms with Crippen molar-refractivity contribution in [2.75, 3.05) is 18.0 Å². The van der Waals surface area contributed by atoms with Crippen LogP contribution in [0.25, 0.3) is 0 Å². The zero-order valence-electron chi connectivity index (χ0n) is 10.0. The highest BCUT2D eigenvalue weighted by Crippen LogP contribution is 2.33. The van der Waals surface area contributed by atoms with Crippen LogP contribution in [0.1, 0.15) is 25.8 Å². The van der Waals surface area contributed by atoms with Crippen LogP contribution in [0, 0.1) is 5.92 Å². The van der Waals surface area contributed by atoms with Crippen LogP contribution < -0.4 is 16.2 Å². The molecule has 5 heteroatoms. The van der Waals surface area contributed by atoms with E-state index >= 15 is 0 Å². The molecule has 1 saturated carbocycles. The van der Waals surface area contributed by atoms with E-state index in [0.717, 1.165) is 25.9 Å². The lowest BCUT2D eigenvalue weighted by Gasteiger charge is -2.17. The van der Waals surface area contributed by atoms with E-state index in [4.69, 9.17) is 5.73 Å². The van der Waals surface area contributed by atoms with Gasteiger partial charge in [-0.25, -0.2) is 4.98 Å². The fourth-order valence-corrected chi connectivity index (χ4v) is 2.44. The molecule has 2 fully saturated rings. The van der Waals surface area contributed by atoms with Gasteiger partial charge in [0, 0.05) is 37.6 Å². The van der Waals surface area contributed by atoms with Crippen molar-refractivity contribution >= 4 is 5.82 Å². The van der Waals surface area contributed by atoms with Gasteiger partial charge in [0.25, 0.3) is 5.56 Å². The van der Waals surface area contributed by atoms with E-state index in [2.05, 4.69) is 11.9 Å². The zero-order valence-corrected chi connectivity index (χ0v) is 10.0. The predicted octanol–water partition coefficient (Wildman–Crippen LogP) is 0.362. The van der Waals surface area contributed by atoms with Crippen LogP contribution in [0.15, 0.2) is 17.2 Å². The molecule has 2 aliphatic rings. The minimum atomic E-state index is 0.0382. The fourth-order valence-electron chi connectivity index (χ4n) is 2.44. The van der Waals surface area contributed by atoms with Gasteiger partial charge in [-0.15, -0.1) is 0 Å². The van der Waals surface area contributed by atoms with E-state index in [-0.39, 0.29) is 11.6 Å².